The van der Waals surface area contributed by atoms with Gasteiger partial charge in [-0.25, -0.2) is 0 Å². The Morgan fingerprint density at radius 1 is 1.36 bits per heavy atom. The predicted molar refractivity (Wildman–Crippen MR) is 51.8 cm³/mol. The normalized spacial score (nSPS) is 12.8. The fourth-order valence-corrected chi connectivity index (χ4v) is 2.04. The van der Waals surface area contributed by atoms with Gasteiger partial charge in [0, 0.05) is 6.16 Å². The van der Waals surface area contributed by atoms with Crippen LogP contribution < -0.4 is 0 Å². The van der Waals surface area contributed by atoms with Gasteiger partial charge in [0.1, 0.15) is 12.8 Å². The van der Waals surface area contributed by atoms with Gasteiger partial charge in [-0.1, -0.05) is 4.57 Å². The van der Waals surface area contributed by atoms with Crippen LogP contribution in [0.1, 0.15) is 19.3 Å². The first-order valence-electron chi connectivity index (χ1n) is 3.76. The third kappa shape index (κ3) is 10.1. The Morgan fingerprint density at radius 2 is 2.00 bits per heavy atom. The summed E-state index contributed by atoms with van der Waals surface area (Å²) in [6, 6.07) is 0. The van der Waals surface area contributed by atoms with Gasteiger partial charge in [-0.2, -0.15) is 0 Å². The lowest BCUT2D eigenvalue weighted by atomic mass is 10.3. The summed E-state index contributed by atoms with van der Waals surface area (Å²) >= 11 is 0. The molecule has 0 saturated carbocycles. The molecule has 0 aromatic carbocycles. The maximum atomic E-state index is 10.6. The summed E-state index contributed by atoms with van der Waals surface area (Å²) in [6.45, 7) is 1.75. The van der Waals surface area contributed by atoms with Crippen LogP contribution in [0.2, 0.25) is 0 Å². The zero-order valence-electron chi connectivity index (χ0n) is 6.95. The minimum atomic E-state index is -1.21. The Balaban J connectivity index is 3.09. The average Bonchev–Trinajstić information content (AvgIpc) is 1.85. The number of hydrogen-bond donors (Lipinski definition) is 0. The molecule has 0 fully saturated rings. The Morgan fingerprint density at radius 3 is 2.45 bits per heavy atom. The van der Waals surface area contributed by atoms with Crippen molar-refractivity contribution >= 4 is 21.5 Å². The summed E-state index contributed by atoms with van der Waals surface area (Å²) < 4.78 is 21.1. The SMILES string of the molecule is C=P(=O)CCCCC[P+](C)=O. The predicted octanol–water partition coefficient (Wildman–Crippen LogP) is 2.87. The van der Waals surface area contributed by atoms with E-state index in [9.17, 15) is 9.13 Å². The summed E-state index contributed by atoms with van der Waals surface area (Å²) in [7, 11) is -2.18. The van der Waals surface area contributed by atoms with Gasteiger partial charge in [0.05, 0.1) is 7.42 Å². The molecule has 64 valence electrons. The van der Waals surface area contributed by atoms with Gasteiger partial charge in [-0.05, 0) is 25.6 Å². The van der Waals surface area contributed by atoms with Crippen LogP contribution in [-0.4, -0.2) is 25.3 Å². The highest BCUT2D eigenvalue weighted by molar-refractivity contribution is 7.43. The molecule has 0 amide bonds. The first-order chi connectivity index (χ1) is 5.13. The highest BCUT2D eigenvalue weighted by Crippen LogP contribution is 2.17. The second-order valence-electron chi connectivity index (χ2n) is 2.62. The van der Waals surface area contributed by atoms with Crippen LogP contribution in [0, 0.1) is 0 Å². The van der Waals surface area contributed by atoms with Crippen molar-refractivity contribution in [2.75, 3.05) is 19.0 Å². The van der Waals surface area contributed by atoms with E-state index >= 15 is 0 Å². The van der Waals surface area contributed by atoms with Crippen molar-refractivity contribution in [3.63, 3.8) is 0 Å². The Hall–Kier alpha value is 0.0700. The van der Waals surface area contributed by atoms with E-state index in [0.717, 1.165) is 31.6 Å². The second kappa shape index (κ2) is 6.76. The summed E-state index contributed by atoms with van der Waals surface area (Å²) in [5.41, 5.74) is 0. The van der Waals surface area contributed by atoms with Crippen LogP contribution >= 0.6 is 15.2 Å². The fourth-order valence-electron chi connectivity index (χ4n) is 0.799. The number of hydrogen-bond acceptors (Lipinski definition) is 2. The van der Waals surface area contributed by atoms with Crippen molar-refractivity contribution in [3.05, 3.63) is 0 Å². The molecule has 0 rings (SSSR count). The molecule has 0 N–H and O–H groups in total. The molecule has 0 radical (unpaired) electrons. The molecule has 2 unspecified atom stereocenters. The molecular weight excluding hydrogens is 178 g/mol. The van der Waals surface area contributed by atoms with Gasteiger partial charge in [-0.3, -0.25) is 4.57 Å². The van der Waals surface area contributed by atoms with E-state index in [-0.39, 0.29) is 0 Å². The molecule has 4 heteroatoms. The van der Waals surface area contributed by atoms with Crippen molar-refractivity contribution in [2.24, 2.45) is 0 Å². The van der Waals surface area contributed by atoms with Crippen LogP contribution in [0.25, 0.3) is 0 Å². The second-order valence-corrected chi connectivity index (χ2v) is 5.73. The van der Waals surface area contributed by atoms with E-state index in [1.165, 1.54) is 0 Å². The smallest absolute Gasteiger partial charge is 0.283 e. The highest BCUT2D eigenvalue weighted by Gasteiger charge is 2.03. The standard InChI is InChI=1S/C7H15O2P2/c1-10(8)6-4-3-5-7-11(2)9/h1,3-7H2,2H3/q+1. The number of unbranched alkanes of at least 4 members (excludes halogenated alkanes) is 2. The van der Waals surface area contributed by atoms with Crippen molar-refractivity contribution in [2.45, 2.75) is 19.3 Å². The third-order valence-corrected chi connectivity index (χ3v) is 3.14. The third-order valence-electron chi connectivity index (χ3n) is 1.38. The summed E-state index contributed by atoms with van der Waals surface area (Å²) in [5.74, 6) is 0. The van der Waals surface area contributed by atoms with Gasteiger partial charge in [0.15, 0.2) is 0 Å². The van der Waals surface area contributed by atoms with E-state index < -0.39 is 15.2 Å². The van der Waals surface area contributed by atoms with E-state index in [2.05, 4.69) is 6.30 Å². The molecule has 0 spiro atoms. The lowest BCUT2D eigenvalue weighted by molar-refractivity contribution is 0.587. The van der Waals surface area contributed by atoms with Crippen molar-refractivity contribution in [1.29, 1.82) is 0 Å². The maximum absolute atomic E-state index is 10.6. The summed E-state index contributed by atoms with van der Waals surface area (Å²) in [4.78, 5) is 0. The molecule has 2 atom stereocenters. The van der Waals surface area contributed by atoms with Crippen LogP contribution in [-0.2, 0) is 9.13 Å². The molecule has 0 aliphatic carbocycles. The quantitative estimate of drug-likeness (QED) is 0.480. The zero-order chi connectivity index (χ0) is 8.69. The minimum absolute atomic E-state index is 0.718. The molecule has 0 saturated heterocycles. The fraction of sp³-hybridized carbons (Fsp3) is 0.857. The molecule has 0 heterocycles. The van der Waals surface area contributed by atoms with Gasteiger partial charge < -0.3 is 0 Å². The van der Waals surface area contributed by atoms with Gasteiger partial charge in [0.25, 0.3) is 0 Å². The van der Waals surface area contributed by atoms with E-state index in [4.69, 9.17) is 0 Å². The summed E-state index contributed by atoms with van der Waals surface area (Å²) in [5, 5.41) is 0. The van der Waals surface area contributed by atoms with Crippen LogP contribution in [0.15, 0.2) is 0 Å². The van der Waals surface area contributed by atoms with Gasteiger partial charge in [-0.15, -0.1) is 0 Å². The first kappa shape index (κ1) is 11.1. The molecule has 0 aromatic rings. The van der Waals surface area contributed by atoms with Gasteiger partial charge in [0.2, 0.25) is 0 Å². The Labute approximate surface area is 69.6 Å². The molecule has 11 heavy (non-hydrogen) atoms. The van der Waals surface area contributed by atoms with E-state index in [1.807, 2.05) is 0 Å². The molecule has 0 bridgehead atoms. The maximum Gasteiger partial charge on any atom is 0.335 e. The first-order valence-corrected chi connectivity index (χ1v) is 7.28. The Kier molecular flexibility index (Phi) is 6.80. The van der Waals surface area contributed by atoms with Crippen molar-refractivity contribution < 1.29 is 9.13 Å². The number of rotatable bonds is 6. The van der Waals surface area contributed by atoms with E-state index in [1.54, 1.807) is 6.66 Å². The van der Waals surface area contributed by atoms with Crippen LogP contribution in [0.3, 0.4) is 0 Å². The topological polar surface area (TPSA) is 34.1 Å². The lowest BCUT2D eigenvalue weighted by Gasteiger charge is -1.89. The van der Waals surface area contributed by atoms with Gasteiger partial charge >= 0.3 is 7.80 Å². The largest absolute Gasteiger partial charge is 0.335 e. The van der Waals surface area contributed by atoms with Crippen molar-refractivity contribution in [3.8, 4) is 0 Å². The molecule has 0 aliphatic heterocycles. The Bertz CT molecular complexity index is 177. The monoisotopic (exact) mass is 193 g/mol. The summed E-state index contributed by atoms with van der Waals surface area (Å²) in [6.07, 6.45) is 7.94. The average molecular weight is 193 g/mol. The molecule has 0 aromatic heterocycles. The zero-order valence-corrected chi connectivity index (χ0v) is 8.74. The lowest BCUT2D eigenvalue weighted by Crippen LogP contribution is -1.81. The van der Waals surface area contributed by atoms with E-state index in [0.29, 0.717) is 0 Å². The molecular formula is C7H15O2P2+. The minimum Gasteiger partial charge on any atom is -0.283 e. The highest BCUT2D eigenvalue weighted by atomic mass is 31.1. The van der Waals surface area contributed by atoms with Crippen LogP contribution in [0.4, 0.5) is 0 Å². The molecule has 2 nitrogen and oxygen atoms in total. The van der Waals surface area contributed by atoms with Crippen LogP contribution in [0.5, 0.6) is 0 Å². The molecule has 0 aliphatic rings. The van der Waals surface area contributed by atoms with Crippen molar-refractivity contribution in [1.82, 2.24) is 0 Å².